The van der Waals surface area contributed by atoms with Crippen LogP contribution in [0.5, 0.6) is 0 Å². The Morgan fingerprint density at radius 2 is 1.47 bits per heavy atom. The van der Waals surface area contributed by atoms with Gasteiger partial charge in [0, 0.05) is 19.2 Å². The molecule has 2 atom stereocenters. The highest BCUT2D eigenvalue weighted by atomic mass is 19.4. The van der Waals surface area contributed by atoms with Crippen LogP contribution in [0.3, 0.4) is 0 Å². The van der Waals surface area contributed by atoms with Gasteiger partial charge in [-0.2, -0.15) is 13.2 Å². The van der Waals surface area contributed by atoms with E-state index in [4.69, 9.17) is 9.90 Å². The van der Waals surface area contributed by atoms with Crippen molar-refractivity contribution in [2.24, 2.45) is 0 Å². The van der Waals surface area contributed by atoms with Gasteiger partial charge in [-0.25, -0.2) is 9.78 Å². The van der Waals surface area contributed by atoms with Crippen LogP contribution in [-0.4, -0.2) is 57.7 Å². The molecular weight excluding hydrogens is 569 g/mol. The summed E-state index contributed by atoms with van der Waals surface area (Å²) in [5, 5.41) is 25.2. The van der Waals surface area contributed by atoms with E-state index in [0.717, 1.165) is 16.9 Å². The summed E-state index contributed by atoms with van der Waals surface area (Å²) in [5.74, 6) is -3.68. The average molecular weight is 603 g/mol. The number of hydrogen-bond donors (Lipinski definition) is 5. The number of carbonyl (C=O) groups excluding carboxylic acids is 2. The van der Waals surface area contributed by atoms with Crippen molar-refractivity contribution in [1.82, 2.24) is 15.6 Å². The van der Waals surface area contributed by atoms with Crippen molar-refractivity contribution in [2.75, 3.05) is 11.9 Å². The number of carboxylic acid groups (broad SMARTS) is 2. The first-order valence-corrected chi connectivity index (χ1v) is 13.3. The lowest BCUT2D eigenvalue weighted by atomic mass is 9.98. The molecule has 2 amide bonds. The molecule has 1 aromatic heterocycles. The number of alkyl halides is 3. The molecule has 3 aromatic rings. The molecule has 0 aliphatic carbocycles. The van der Waals surface area contributed by atoms with Crippen LogP contribution in [0.4, 0.5) is 19.0 Å². The van der Waals surface area contributed by atoms with Crippen molar-refractivity contribution >= 4 is 29.6 Å². The third-order valence-corrected chi connectivity index (χ3v) is 5.97. The van der Waals surface area contributed by atoms with Gasteiger partial charge in [0.15, 0.2) is 0 Å². The van der Waals surface area contributed by atoms with E-state index in [9.17, 15) is 32.7 Å². The summed E-state index contributed by atoms with van der Waals surface area (Å²) >= 11 is 0. The number of anilines is 1. The molecule has 3 rings (SSSR count). The number of amides is 2. The first-order valence-electron chi connectivity index (χ1n) is 13.3. The van der Waals surface area contributed by atoms with Crippen LogP contribution in [0.1, 0.15) is 44.2 Å². The Hall–Kier alpha value is -4.94. The van der Waals surface area contributed by atoms with Crippen LogP contribution < -0.4 is 16.0 Å². The van der Waals surface area contributed by atoms with Gasteiger partial charge in [0.1, 0.15) is 11.9 Å². The van der Waals surface area contributed by atoms with E-state index in [0.29, 0.717) is 24.9 Å². The Labute approximate surface area is 246 Å². The maximum Gasteiger partial charge on any atom is 0.490 e. The number of nitrogens with one attached hydrogen (secondary N) is 3. The molecule has 0 bridgehead atoms. The fraction of sp³-hybridized carbons (Fsp3) is 0.300. The predicted molar refractivity (Wildman–Crippen MR) is 153 cm³/mol. The van der Waals surface area contributed by atoms with E-state index in [2.05, 4.69) is 20.9 Å². The summed E-state index contributed by atoms with van der Waals surface area (Å²) in [4.78, 5) is 49.9. The van der Waals surface area contributed by atoms with Crippen molar-refractivity contribution in [2.45, 2.75) is 50.9 Å². The molecule has 230 valence electrons. The quantitative estimate of drug-likeness (QED) is 0.175. The average Bonchev–Trinajstić information content (AvgIpc) is 2.98. The van der Waals surface area contributed by atoms with Gasteiger partial charge < -0.3 is 26.2 Å². The summed E-state index contributed by atoms with van der Waals surface area (Å²) in [6, 6.07) is 21.4. The summed E-state index contributed by atoms with van der Waals surface area (Å²) in [5.41, 5.74) is 2.73. The number of halogens is 3. The van der Waals surface area contributed by atoms with E-state index >= 15 is 0 Å². The van der Waals surface area contributed by atoms with Gasteiger partial charge in [0.25, 0.3) is 0 Å². The first kappa shape index (κ1) is 34.3. The van der Waals surface area contributed by atoms with Crippen LogP contribution in [0.15, 0.2) is 79.0 Å². The molecule has 0 aliphatic rings. The zero-order chi connectivity index (χ0) is 31.8. The van der Waals surface area contributed by atoms with Crippen molar-refractivity contribution in [1.29, 1.82) is 0 Å². The number of carboxylic acids is 2. The molecule has 10 nitrogen and oxygen atoms in total. The standard InChI is InChI=1S/C28H32N4O4.C2HF3O2/c1-2-23(31-26(33)12-8-18-30-25-11-6-7-17-29-25)28(36)32-24(19-27(34)35)22-15-13-21(14-16-22)20-9-4-3-5-10-20;3-2(4,5)1(6)7/h3-7,9-11,13-17,23-24H,2,8,12,18-19H2,1H3,(H,29,30)(H,31,33)(H,32,36)(H,34,35);(H,6,7)/t23-,24?;/m0./s1. The Kier molecular flexibility index (Phi) is 13.6. The zero-order valence-corrected chi connectivity index (χ0v) is 23.3. The predicted octanol–water partition coefficient (Wildman–Crippen LogP) is 4.80. The second kappa shape index (κ2) is 17.1. The minimum atomic E-state index is -5.08. The number of benzene rings is 2. The zero-order valence-electron chi connectivity index (χ0n) is 23.3. The number of hydrogen-bond acceptors (Lipinski definition) is 6. The van der Waals surface area contributed by atoms with E-state index in [-0.39, 0.29) is 18.7 Å². The summed E-state index contributed by atoms with van der Waals surface area (Å²) in [7, 11) is 0. The van der Waals surface area contributed by atoms with E-state index in [1.165, 1.54) is 0 Å². The molecule has 2 aromatic carbocycles. The summed E-state index contributed by atoms with van der Waals surface area (Å²) in [6.07, 6.45) is -2.44. The topological polar surface area (TPSA) is 158 Å². The van der Waals surface area contributed by atoms with Gasteiger partial charge in [0.05, 0.1) is 12.5 Å². The van der Waals surface area contributed by atoms with E-state index in [1.807, 2.05) is 72.8 Å². The highest BCUT2D eigenvalue weighted by molar-refractivity contribution is 5.88. The molecule has 0 aliphatic heterocycles. The first-order chi connectivity index (χ1) is 20.4. The Balaban J connectivity index is 0.000000821. The van der Waals surface area contributed by atoms with Crippen LogP contribution in [0.2, 0.25) is 0 Å². The van der Waals surface area contributed by atoms with Crippen LogP contribution >= 0.6 is 0 Å². The third kappa shape index (κ3) is 12.6. The highest BCUT2D eigenvalue weighted by Crippen LogP contribution is 2.23. The van der Waals surface area contributed by atoms with Gasteiger partial charge >= 0.3 is 18.1 Å². The second-order valence-corrected chi connectivity index (χ2v) is 9.22. The monoisotopic (exact) mass is 602 g/mol. The maximum absolute atomic E-state index is 12.9. The molecule has 0 spiro atoms. The van der Waals surface area contributed by atoms with Crippen LogP contribution in [-0.2, 0) is 19.2 Å². The van der Waals surface area contributed by atoms with Gasteiger partial charge in [0.2, 0.25) is 11.8 Å². The Morgan fingerprint density at radius 3 is 2.00 bits per heavy atom. The van der Waals surface area contributed by atoms with Crippen molar-refractivity contribution < 1.29 is 42.6 Å². The molecule has 5 N–H and O–H groups in total. The molecule has 0 fully saturated rings. The lowest BCUT2D eigenvalue weighted by molar-refractivity contribution is -0.192. The van der Waals surface area contributed by atoms with Crippen molar-refractivity contribution in [3.8, 4) is 11.1 Å². The van der Waals surface area contributed by atoms with Crippen molar-refractivity contribution in [3.63, 3.8) is 0 Å². The van der Waals surface area contributed by atoms with E-state index < -0.39 is 36.1 Å². The fourth-order valence-corrected chi connectivity index (χ4v) is 3.79. The molecule has 0 saturated carbocycles. The van der Waals surface area contributed by atoms with Crippen molar-refractivity contribution in [3.05, 3.63) is 84.6 Å². The molecule has 0 saturated heterocycles. The largest absolute Gasteiger partial charge is 0.490 e. The van der Waals surface area contributed by atoms with Gasteiger partial charge in [-0.1, -0.05) is 67.6 Å². The number of aliphatic carboxylic acids is 2. The molecule has 13 heteroatoms. The fourth-order valence-electron chi connectivity index (χ4n) is 3.79. The molecule has 43 heavy (non-hydrogen) atoms. The highest BCUT2D eigenvalue weighted by Gasteiger charge is 2.38. The summed E-state index contributed by atoms with van der Waals surface area (Å²) < 4.78 is 31.7. The molecule has 1 unspecified atom stereocenters. The molecular formula is C30H33F3N4O6. The normalized spacial score (nSPS) is 12.1. The molecule has 0 radical (unpaired) electrons. The van der Waals surface area contributed by atoms with Crippen LogP contribution in [0, 0.1) is 0 Å². The minimum absolute atomic E-state index is 0.234. The second-order valence-electron chi connectivity index (χ2n) is 9.22. The van der Waals surface area contributed by atoms with Crippen LogP contribution in [0.25, 0.3) is 11.1 Å². The Bertz CT molecular complexity index is 1320. The third-order valence-electron chi connectivity index (χ3n) is 5.97. The summed E-state index contributed by atoms with van der Waals surface area (Å²) in [6.45, 7) is 2.38. The minimum Gasteiger partial charge on any atom is -0.481 e. The van der Waals surface area contributed by atoms with Gasteiger partial charge in [-0.3, -0.25) is 14.4 Å². The number of nitrogens with zero attached hydrogens (tertiary/aromatic N) is 1. The smallest absolute Gasteiger partial charge is 0.481 e. The number of pyridine rings is 1. The maximum atomic E-state index is 12.9. The van der Waals surface area contributed by atoms with E-state index in [1.54, 1.807) is 13.1 Å². The number of rotatable bonds is 13. The molecule has 1 heterocycles. The number of carbonyl (C=O) groups is 4. The lowest BCUT2D eigenvalue weighted by Crippen LogP contribution is -2.47. The van der Waals surface area contributed by atoms with Gasteiger partial charge in [-0.15, -0.1) is 0 Å². The Morgan fingerprint density at radius 1 is 0.860 bits per heavy atom. The lowest BCUT2D eigenvalue weighted by Gasteiger charge is -2.22. The SMILES string of the molecule is CC[C@H](NC(=O)CCCNc1ccccn1)C(=O)NC(CC(=O)O)c1ccc(-c2ccccc2)cc1.O=C(O)C(F)(F)F. The van der Waals surface area contributed by atoms with Gasteiger partial charge in [-0.05, 0) is 41.7 Å². The number of aromatic nitrogens is 1.